The molecule has 30 heavy (non-hydrogen) atoms. The number of ether oxygens (including phenoxy) is 2. The average molecular weight is 418 g/mol. The van der Waals surface area contributed by atoms with Crippen molar-refractivity contribution in [2.75, 3.05) is 57.4 Å². The number of amides is 2. The van der Waals surface area contributed by atoms with Crippen LogP contribution < -0.4 is 19.4 Å². The fourth-order valence-corrected chi connectivity index (χ4v) is 5.08. The summed E-state index contributed by atoms with van der Waals surface area (Å²) >= 11 is 0. The van der Waals surface area contributed by atoms with E-state index in [9.17, 15) is 9.59 Å². The third-order valence-corrected chi connectivity index (χ3v) is 6.90. The van der Waals surface area contributed by atoms with Crippen LogP contribution in [0.5, 0.6) is 5.75 Å². The number of imide groups is 1. The molecule has 0 aliphatic carbocycles. The van der Waals surface area contributed by atoms with E-state index < -0.39 is 0 Å². The summed E-state index contributed by atoms with van der Waals surface area (Å²) in [6.45, 7) is 9.77. The minimum Gasteiger partial charge on any atom is -0.494 e. The van der Waals surface area contributed by atoms with Gasteiger partial charge in [-0.3, -0.25) is 9.59 Å². The number of likely N-dealkylation sites (tertiary alicyclic amines) is 1. The molecule has 0 bridgehead atoms. The smallest absolute Gasteiger partial charge is 0.292 e. The van der Waals surface area contributed by atoms with Crippen LogP contribution in [0.15, 0.2) is 24.3 Å². The number of morpholine rings is 1. The summed E-state index contributed by atoms with van der Waals surface area (Å²) in [7, 11) is 0. The van der Waals surface area contributed by atoms with Crippen molar-refractivity contribution in [2.45, 2.75) is 38.6 Å². The Morgan fingerprint density at radius 1 is 1.07 bits per heavy atom. The molecule has 3 aliphatic rings. The number of quaternary nitrogens is 2. The number of piperidine rings is 1. The first-order valence-corrected chi connectivity index (χ1v) is 11.5. The molecule has 0 radical (unpaired) electrons. The molecule has 3 heterocycles. The Morgan fingerprint density at radius 2 is 1.77 bits per heavy atom. The Labute approximate surface area is 178 Å². The average Bonchev–Trinajstić information content (AvgIpc) is 3.08. The van der Waals surface area contributed by atoms with E-state index in [0.717, 1.165) is 63.9 Å². The Kier molecular flexibility index (Phi) is 7.02. The summed E-state index contributed by atoms with van der Waals surface area (Å²) in [5, 5.41) is 0. The Balaban J connectivity index is 1.29. The lowest BCUT2D eigenvalue weighted by Gasteiger charge is -2.33. The minimum absolute atomic E-state index is 0.0460. The van der Waals surface area contributed by atoms with Crippen LogP contribution >= 0.6 is 0 Å². The van der Waals surface area contributed by atoms with Gasteiger partial charge in [0.2, 0.25) is 5.91 Å². The van der Waals surface area contributed by atoms with Gasteiger partial charge in [0, 0.05) is 0 Å². The van der Waals surface area contributed by atoms with Crippen molar-refractivity contribution in [3.05, 3.63) is 24.3 Å². The van der Waals surface area contributed by atoms with Gasteiger partial charge >= 0.3 is 0 Å². The second-order valence-electron chi connectivity index (χ2n) is 8.75. The molecule has 2 N–H and O–H groups in total. The van der Waals surface area contributed by atoms with Crippen LogP contribution in [0.3, 0.4) is 0 Å². The third kappa shape index (κ3) is 4.85. The molecule has 3 fully saturated rings. The van der Waals surface area contributed by atoms with E-state index in [2.05, 4.69) is 0 Å². The molecule has 7 heteroatoms. The van der Waals surface area contributed by atoms with E-state index in [4.69, 9.17) is 9.47 Å². The van der Waals surface area contributed by atoms with Gasteiger partial charge in [0.1, 0.15) is 18.8 Å². The fraction of sp³-hybridized carbons (Fsp3) is 0.652. The standard InChI is InChI=1S/C23H33N3O4/c1-2-30-20-5-3-19(4-6-20)26-22(27)17-21(23(26)28)25-11-8-18(9-12-25)7-10-24-13-15-29-16-14-24/h3-6,18,21H,2,7-17H2,1H3/p+2/t21-/m0/s1. The maximum absolute atomic E-state index is 13.1. The summed E-state index contributed by atoms with van der Waals surface area (Å²) in [6.07, 6.45) is 3.89. The van der Waals surface area contributed by atoms with Gasteiger partial charge < -0.3 is 19.3 Å². The Hall–Kier alpha value is -1.96. The molecule has 0 aromatic heterocycles. The molecule has 4 rings (SSSR count). The molecule has 1 aromatic rings. The topological polar surface area (TPSA) is 64.7 Å². The molecule has 0 saturated carbocycles. The van der Waals surface area contributed by atoms with Crippen LogP contribution in [-0.2, 0) is 14.3 Å². The molecule has 1 aromatic carbocycles. The summed E-state index contributed by atoms with van der Waals surface area (Å²) in [5.41, 5.74) is 0.652. The Morgan fingerprint density at radius 3 is 2.43 bits per heavy atom. The van der Waals surface area contributed by atoms with Crippen LogP contribution in [0.25, 0.3) is 0 Å². The second kappa shape index (κ2) is 9.90. The van der Waals surface area contributed by atoms with Crippen molar-refractivity contribution in [2.24, 2.45) is 5.92 Å². The predicted octanol–water partition coefficient (Wildman–Crippen LogP) is -0.683. The zero-order valence-electron chi connectivity index (χ0n) is 18.0. The van der Waals surface area contributed by atoms with Crippen LogP contribution in [0, 0.1) is 5.92 Å². The normalized spacial score (nSPS) is 28.2. The molecular formula is C23H35N3O4+2. The molecule has 164 valence electrons. The molecule has 3 aliphatic heterocycles. The first-order valence-electron chi connectivity index (χ1n) is 11.5. The number of nitrogens with zero attached hydrogens (tertiary/aromatic N) is 1. The molecule has 7 nitrogen and oxygen atoms in total. The molecule has 1 atom stereocenters. The number of hydrogen-bond acceptors (Lipinski definition) is 4. The molecular weight excluding hydrogens is 382 g/mol. The van der Waals surface area contributed by atoms with Crippen molar-refractivity contribution >= 4 is 17.5 Å². The largest absolute Gasteiger partial charge is 0.494 e. The maximum atomic E-state index is 13.1. The summed E-state index contributed by atoms with van der Waals surface area (Å²) < 4.78 is 10.9. The minimum atomic E-state index is -0.227. The SMILES string of the molecule is CCOc1ccc(N2C(=O)C[C@H]([NH+]3CCC(CC[NH+]4CCOCC4)CC3)C2=O)cc1. The third-order valence-electron chi connectivity index (χ3n) is 6.90. The van der Waals surface area contributed by atoms with Gasteiger partial charge in [0.25, 0.3) is 5.91 Å². The zero-order valence-corrected chi connectivity index (χ0v) is 18.0. The summed E-state index contributed by atoms with van der Waals surface area (Å²) in [6, 6.07) is 7.02. The van der Waals surface area contributed by atoms with E-state index in [1.807, 2.05) is 19.1 Å². The number of carbonyl (C=O) groups is 2. The predicted molar refractivity (Wildman–Crippen MR) is 113 cm³/mol. The first kappa shape index (κ1) is 21.3. The number of anilines is 1. The number of benzene rings is 1. The van der Waals surface area contributed by atoms with Gasteiger partial charge in [0.15, 0.2) is 6.04 Å². The van der Waals surface area contributed by atoms with Gasteiger partial charge in [-0.2, -0.15) is 0 Å². The first-order chi connectivity index (χ1) is 14.7. The molecule has 0 unspecified atom stereocenters. The molecule has 0 spiro atoms. The highest BCUT2D eigenvalue weighted by Gasteiger charge is 2.46. The quantitative estimate of drug-likeness (QED) is 0.577. The lowest BCUT2D eigenvalue weighted by molar-refractivity contribution is -0.922. The van der Waals surface area contributed by atoms with Crippen LogP contribution in [0.4, 0.5) is 5.69 Å². The number of rotatable bonds is 7. The van der Waals surface area contributed by atoms with Gasteiger partial charge in [-0.05, 0) is 56.4 Å². The monoisotopic (exact) mass is 417 g/mol. The van der Waals surface area contributed by atoms with Crippen LogP contribution in [0.2, 0.25) is 0 Å². The number of carbonyl (C=O) groups excluding carboxylic acids is 2. The van der Waals surface area contributed by atoms with Crippen molar-refractivity contribution in [3.63, 3.8) is 0 Å². The van der Waals surface area contributed by atoms with Crippen molar-refractivity contribution in [3.8, 4) is 5.75 Å². The highest BCUT2D eigenvalue weighted by molar-refractivity contribution is 6.21. The van der Waals surface area contributed by atoms with Crippen LogP contribution in [0.1, 0.15) is 32.6 Å². The van der Waals surface area contributed by atoms with Crippen molar-refractivity contribution < 1.29 is 28.9 Å². The second-order valence-corrected chi connectivity index (χ2v) is 8.75. The van der Waals surface area contributed by atoms with Gasteiger partial charge in [-0.15, -0.1) is 0 Å². The summed E-state index contributed by atoms with van der Waals surface area (Å²) in [4.78, 5) is 30.0. The highest BCUT2D eigenvalue weighted by atomic mass is 16.5. The highest BCUT2D eigenvalue weighted by Crippen LogP contribution is 2.25. The van der Waals surface area contributed by atoms with Crippen LogP contribution in [-0.4, -0.2) is 70.4 Å². The van der Waals surface area contributed by atoms with E-state index >= 15 is 0 Å². The lowest BCUT2D eigenvalue weighted by atomic mass is 9.92. The van der Waals surface area contributed by atoms with E-state index in [0.29, 0.717) is 18.7 Å². The number of nitrogens with one attached hydrogen (secondary N) is 2. The van der Waals surface area contributed by atoms with Crippen molar-refractivity contribution in [1.29, 1.82) is 0 Å². The Bertz CT molecular complexity index is 724. The molecule has 3 saturated heterocycles. The maximum Gasteiger partial charge on any atom is 0.292 e. The van der Waals surface area contributed by atoms with Gasteiger partial charge in [-0.25, -0.2) is 4.90 Å². The molecule has 2 amide bonds. The fourth-order valence-electron chi connectivity index (χ4n) is 5.08. The zero-order chi connectivity index (χ0) is 20.9. The van der Waals surface area contributed by atoms with Gasteiger partial charge in [0.05, 0.1) is 51.6 Å². The lowest BCUT2D eigenvalue weighted by Crippen LogP contribution is -3.17. The van der Waals surface area contributed by atoms with Crippen molar-refractivity contribution in [1.82, 2.24) is 0 Å². The summed E-state index contributed by atoms with van der Waals surface area (Å²) in [5.74, 6) is 1.37. The number of hydrogen-bond donors (Lipinski definition) is 2. The van der Waals surface area contributed by atoms with Gasteiger partial charge in [-0.1, -0.05) is 0 Å². The van der Waals surface area contributed by atoms with E-state index in [1.165, 1.54) is 22.8 Å². The van der Waals surface area contributed by atoms with E-state index in [-0.39, 0.29) is 17.9 Å². The van der Waals surface area contributed by atoms with E-state index in [1.54, 1.807) is 17.0 Å².